The number of carbonyl (C=O) groups is 2. The quantitative estimate of drug-likeness (QED) is 0.467. The predicted octanol–water partition coefficient (Wildman–Crippen LogP) is 2.85. The van der Waals surface area contributed by atoms with Crippen LogP contribution in [0.2, 0.25) is 5.02 Å². The average Bonchev–Trinajstić information content (AvgIpc) is 3.33. The molecule has 1 saturated heterocycles. The molecule has 1 aromatic carbocycles. The number of nitrogens with one attached hydrogen (secondary N) is 2. The van der Waals surface area contributed by atoms with Gasteiger partial charge in [-0.1, -0.05) is 25.4 Å². The lowest BCUT2D eigenvalue weighted by molar-refractivity contribution is -0.134. The number of anilines is 3. The molecule has 3 aromatic rings. The van der Waals surface area contributed by atoms with Crippen LogP contribution in [0.5, 0.6) is 0 Å². The number of halogens is 1. The number of sulfonamides is 1. The SMILES string of the molecule is CC(C)C(=O)N1CCN(c2ccc(-n3cc(C(=O)Nc4cc(Cl)cc(NS(C)(=O)=O)c4)cn3)nc2)CC1. The number of rotatable bonds is 7. The molecule has 1 aliphatic heterocycles. The molecule has 4 rings (SSSR count). The molecule has 2 aromatic heterocycles. The number of hydrogen-bond acceptors (Lipinski definition) is 7. The van der Waals surface area contributed by atoms with Gasteiger partial charge in [-0.05, 0) is 30.3 Å². The maximum Gasteiger partial charge on any atom is 0.258 e. The van der Waals surface area contributed by atoms with E-state index in [2.05, 4.69) is 25.0 Å². The lowest BCUT2D eigenvalue weighted by atomic mass is 10.1. The molecule has 3 heterocycles. The fourth-order valence-corrected chi connectivity index (χ4v) is 4.74. The largest absolute Gasteiger partial charge is 0.367 e. The first-order valence-electron chi connectivity index (χ1n) is 11.6. The minimum absolute atomic E-state index is 0.00612. The minimum Gasteiger partial charge on any atom is -0.367 e. The van der Waals surface area contributed by atoms with E-state index in [0.29, 0.717) is 24.6 Å². The first kappa shape index (κ1) is 26.4. The summed E-state index contributed by atoms with van der Waals surface area (Å²) in [5.74, 6) is 0.268. The summed E-state index contributed by atoms with van der Waals surface area (Å²) in [5, 5.41) is 7.19. The van der Waals surface area contributed by atoms with Gasteiger partial charge in [0.2, 0.25) is 15.9 Å². The van der Waals surface area contributed by atoms with E-state index in [1.165, 1.54) is 29.1 Å². The van der Waals surface area contributed by atoms with E-state index in [4.69, 9.17) is 11.6 Å². The summed E-state index contributed by atoms with van der Waals surface area (Å²) in [7, 11) is -3.50. The van der Waals surface area contributed by atoms with E-state index < -0.39 is 15.9 Å². The van der Waals surface area contributed by atoms with Crippen LogP contribution in [0.15, 0.2) is 48.9 Å². The van der Waals surface area contributed by atoms with Crippen molar-refractivity contribution < 1.29 is 18.0 Å². The second-order valence-corrected chi connectivity index (χ2v) is 11.3. The van der Waals surface area contributed by atoms with E-state index in [1.54, 1.807) is 12.4 Å². The fourth-order valence-electron chi connectivity index (χ4n) is 3.95. The number of pyridine rings is 1. The Bertz CT molecular complexity index is 1400. The minimum atomic E-state index is -3.50. The highest BCUT2D eigenvalue weighted by molar-refractivity contribution is 7.92. The summed E-state index contributed by atoms with van der Waals surface area (Å²) in [5.41, 5.74) is 1.80. The summed E-state index contributed by atoms with van der Waals surface area (Å²) in [4.78, 5) is 33.5. The van der Waals surface area contributed by atoms with Crippen LogP contribution in [0.3, 0.4) is 0 Å². The molecule has 1 fully saturated rings. The second kappa shape index (κ2) is 10.8. The lowest BCUT2D eigenvalue weighted by Gasteiger charge is -2.36. The summed E-state index contributed by atoms with van der Waals surface area (Å²) < 4.78 is 26.8. The smallest absolute Gasteiger partial charge is 0.258 e. The van der Waals surface area contributed by atoms with Crippen molar-refractivity contribution in [2.24, 2.45) is 5.92 Å². The van der Waals surface area contributed by atoms with Gasteiger partial charge in [-0.2, -0.15) is 5.10 Å². The van der Waals surface area contributed by atoms with E-state index in [1.807, 2.05) is 30.9 Å². The molecule has 0 unspecified atom stereocenters. The van der Waals surface area contributed by atoms with E-state index in [9.17, 15) is 18.0 Å². The van der Waals surface area contributed by atoms with Crippen LogP contribution in [0.4, 0.5) is 17.1 Å². The second-order valence-electron chi connectivity index (χ2n) is 9.07. The highest BCUT2D eigenvalue weighted by Gasteiger charge is 2.23. The van der Waals surface area contributed by atoms with Crippen molar-refractivity contribution in [1.82, 2.24) is 19.7 Å². The van der Waals surface area contributed by atoms with Crippen molar-refractivity contribution in [2.45, 2.75) is 13.8 Å². The standard InChI is InChI=1S/C24H28ClN7O4S/c1-16(2)24(34)31-8-6-30(7-9-31)21-4-5-22(26-14-21)32-15-17(13-27-32)23(33)28-19-10-18(25)11-20(12-19)29-37(3,35)36/h4-5,10-16,29H,6-9H2,1-3H3,(H,28,33). The zero-order valence-electron chi connectivity index (χ0n) is 20.7. The van der Waals surface area contributed by atoms with Gasteiger partial charge >= 0.3 is 0 Å². The van der Waals surface area contributed by atoms with E-state index in [-0.39, 0.29) is 28.1 Å². The van der Waals surface area contributed by atoms with Crippen molar-refractivity contribution in [3.8, 4) is 5.82 Å². The molecular weight excluding hydrogens is 518 g/mol. The predicted molar refractivity (Wildman–Crippen MR) is 143 cm³/mol. The van der Waals surface area contributed by atoms with Crippen molar-refractivity contribution >= 4 is 50.5 Å². The molecule has 0 bridgehead atoms. The van der Waals surface area contributed by atoms with Gasteiger partial charge in [-0.15, -0.1) is 0 Å². The van der Waals surface area contributed by atoms with E-state index >= 15 is 0 Å². The first-order chi connectivity index (χ1) is 17.5. The topological polar surface area (TPSA) is 130 Å². The van der Waals surface area contributed by atoms with E-state index in [0.717, 1.165) is 25.0 Å². The summed E-state index contributed by atoms with van der Waals surface area (Å²) in [6.45, 7) is 6.64. The van der Waals surface area contributed by atoms with Crippen LogP contribution in [-0.2, 0) is 14.8 Å². The number of aromatic nitrogens is 3. The number of piperazine rings is 1. The Labute approximate surface area is 220 Å². The molecular formula is C24H28ClN7O4S. The Kier molecular flexibility index (Phi) is 7.69. The number of carbonyl (C=O) groups excluding carboxylic acids is 2. The third-order valence-corrected chi connectivity index (χ3v) is 6.55. The third kappa shape index (κ3) is 6.77. The van der Waals surface area contributed by atoms with Gasteiger partial charge in [0.05, 0.1) is 35.6 Å². The zero-order valence-corrected chi connectivity index (χ0v) is 22.3. The molecule has 2 amide bonds. The summed E-state index contributed by atoms with van der Waals surface area (Å²) in [6, 6.07) is 8.17. The van der Waals surface area contributed by atoms with Gasteiger partial charge in [0.1, 0.15) is 0 Å². The molecule has 1 aliphatic rings. The van der Waals surface area contributed by atoms with Gasteiger partial charge in [-0.3, -0.25) is 14.3 Å². The average molecular weight is 546 g/mol. The molecule has 0 atom stereocenters. The van der Waals surface area contributed by atoms with Gasteiger partial charge in [0.15, 0.2) is 5.82 Å². The Morgan fingerprint density at radius 3 is 2.35 bits per heavy atom. The molecule has 0 saturated carbocycles. The maximum absolute atomic E-state index is 12.7. The molecule has 0 aliphatic carbocycles. The maximum atomic E-state index is 12.7. The van der Waals surface area contributed by atoms with Gasteiger partial charge in [-0.25, -0.2) is 18.1 Å². The molecule has 37 heavy (non-hydrogen) atoms. The van der Waals surface area contributed by atoms with Crippen molar-refractivity contribution in [1.29, 1.82) is 0 Å². The van der Waals surface area contributed by atoms with Crippen molar-refractivity contribution in [3.05, 3.63) is 59.5 Å². The first-order valence-corrected chi connectivity index (χ1v) is 13.9. The number of amides is 2. The molecule has 13 heteroatoms. The van der Waals surface area contributed by atoms with Crippen LogP contribution < -0.4 is 14.9 Å². The number of nitrogens with zero attached hydrogens (tertiary/aromatic N) is 5. The van der Waals surface area contributed by atoms with Crippen LogP contribution in [0.1, 0.15) is 24.2 Å². The van der Waals surface area contributed by atoms with Crippen LogP contribution in [-0.4, -0.2) is 72.3 Å². The molecule has 0 spiro atoms. The number of hydrogen-bond donors (Lipinski definition) is 2. The zero-order chi connectivity index (χ0) is 26.7. The monoisotopic (exact) mass is 545 g/mol. The van der Waals surface area contributed by atoms with Crippen LogP contribution in [0.25, 0.3) is 5.82 Å². The fraction of sp³-hybridized carbons (Fsp3) is 0.333. The normalized spacial score (nSPS) is 14.1. The Hall–Kier alpha value is -3.64. The third-order valence-electron chi connectivity index (χ3n) is 5.72. The molecule has 2 N–H and O–H groups in total. The van der Waals surface area contributed by atoms with Gasteiger partial charge in [0, 0.05) is 49.0 Å². The lowest BCUT2D eigenvalue weighted by Crippen LogP contribution is -2.49. The van der Waals surface area contributed by atoms with Crippen LogP contribution in [0, 0.1) is 5.92 Å². The summed E-state index contributed by atoms with van der Waals surface area (Å²) >= 11 is 6.06. The Morgan fingerprint density at radius 2 is 1.73 bits per heavy atom. The highest BCUT2D eigenvalue weighted by atomic mass is 35.5. The highest BCUT2D eigenvalue weighted by Crippen LogP contribution is 2.24. The number of benzene rings is 1. The van der Waals surface area contributed by atoms with Crippen molar-refractivity contribution in [2.75, 3.05) is 47.4 Å². The Morgan fingerprint density at radius 1 is 1.03 bits per heavy atom. The summed E-state index contributed by atoms with van der Waals surface area (Å²) in [6.07, 6.45) is 5.74. The molecule has 196 valence electrons. The Balaban J connectivity index is 1.39. The van der Waals surface area contributed by atoms with Crippen molar-refractivity contribution in [3.63, 3.8) is 0 Å². The van der Waals surface area contributed by atoms with Gasteiger partial charge < -0.3 is 15.1 Å². The van der Waals surface area contributed by atoms with Crippen LogP contribution >= 0.6 is 11.6 Å². The molecule has 0 radical (unpaired) electrons. The molecule has 11 nitrogen and oxygen atoms in total. The van der Waals surface area contributed by atoms with Gasteiger partial charge in [0.25, 0.3) is 5.91 Å².